The summed E-state index contributed by atoms with van der Waals surface area (Å²) >= 11 is 0. The first-order valence-electron chi connectivity index (χ1n) is 7.42. The van der Waals surface area contributed by atoms with E-state index < -0.39 is 16.7 Å². The first-order valence-corrected chi connectivity index (χ1v) is 9.03. The Labute approximate surface area is 125 Å². The van der Waals surface area contributed by atoms with Gasteiger partial charge in [-0.3, -0.25) is 4.79 Å². The number of nitrogens with zero attached hydrogens (tertiary/aromatic N) is 2. The maximum atomic E-state index is 12.3. The summed E-state index contributed by atoms with van der Waals surface area (Å²) in [7, 11) is -3.23. The fraction of sp³-hybridized carbons (Fsp3) is 0.923. The number of sulfonamides is 1. The number of alkyl halides is 1. The van der Waals surface area contributed by atoms with Gasteiger partial charge in [-0.25, -0.2) is 17.1 Å². The Kier molecular flexibility index (Phi) is 5.56. The van der Waals surface area contributed by atoms with Gasteiger partial charge in [0, 0.05) is 26.2 Å². The highest BCUT2D eigenvalue weighted by molar-refractivity contribution is 7.89. The lowest BCUT2D eigenvalue weighted by atomic mass is 9.96. The van der Waals surface area contributed by atoms with Crippen LogP contribution in [0.25, 0.3) is 0 Å². The van der Waals surface area contributed by atoms with Crippen LogP contribution in [0.4, 0.5) is 4.39 Å². The summed E-state index contributed by atoms with van der Waals surface area (Å²) in [6, 6.07) is 0. The average Bonchev–Trinajstić information content (AvgIpc) is 2.45. The minimum atomic E-state index is -3.23. The fourth-order valence-electron chi connectivity index (χ4n) is 2.77. The van der Waals surface area contributed by atoms with Crippen molar-refractivity contribution in [2.45, 2.75) is 25.9 Å². The molecule has 0 aromatic heterocycles. The molecule has 6 nitrogen and oxygen atoms in total. The molecule has 0 N–H and O–H groups in total. The Morgan fingerprint density at radius 1 is 1.33 bits per heavy atom. The first kappa shape index (κ1) is 16.6. The van der Waals surface area contributed by atoms with Crippen LogP contribution in [0.1, 0.15) is 19.8 Å². The van der Waals surface area contributed by atoms with Crippen molar-refractivity contribution < 1.29 is 22.3 Å². The normalized spacial score (nSPS) is 24.9. The van der Waals surface area contributed by atoms with Gasteiger partial charge in [-0.1, -0.05) is 0 Å². The summed E-state index contributed by atoms with van der Waals surface area (Å²) in [4.78, 5) is 14.0. The minimum absolute atomic E-state index is 0.00824. The molecule has 0 saturated carbocycles. The Bertz CT molecular complexity index is 465. The molecule has 21 heavy (non-hydrogen) atoms. The molecular weight excluding hydrogens is 299 g/mol. The summed E-state index contributed by atoms with van der Waals surface area (Å²) < 4.78 is 42.4. The molecule has 2 aliphatic heterocycles. The van der Waals surface area contributed by atoms with Gasteiger partial charge in [-0.05, 0) is 19.8 Å². The molecule has 8 heteroatoms. The van der Waals surface area contributed by atoms with E-state index in [1.165, 1.54) is 4.31 Å². The molecule has 2 heterocycles. The summed E-state index contributed by atoms with van der Waals surface area (Å²) in [5.74, 6) is -0.204. The van der Waals surface area contributed by atoms with Gasteiger partial charge in [0.25, 0.3) is 0 Å². The molecule has 1 unspecified atom stereocenters. The lowest BCUT2D eigenvalue weighted by Crippen LogP contribution is -2.58. The molecule has 0 aromatic rings. The number of halogens is 1. The van der Waals surface area contributed by atoms with E-state index in [4.69, 9.17) is 4.74 Å². The fourth-order valence-corrected chi connectivity index (χ4v) is 3.95. The van der Waals surface area contributed by atoms with Gasteiger partial charge in [0.15, 0.2) is 0 Å². The van der Waals surface area contributed by atoms with Crippen molar-refractivity contribution in [3.8, 4) is 0 Å². The SMILES string of the molecule is CCS(=O)(=O)N1CCCC(C(=O)N2CC(OCCF)C2)C1. The highest BCUT2D eigenvalue weighted by Gasteiger charge is 2.38. The smallest absolute Gasteiger partial charge is 0.227 e. The lowest BCUT2D eigenvalue weighted by molar-refractivity contribution is -0.150. The Morgan fingerprint density at radius 3 is 2.67 bits per heavy atom. The van der Waals surface area contributed by atoms with Gasteiger partial charge in [-0.2, -0.15) is 0 Å². The molecule has 0 aromatic carbocycles. The van der Waals surface area contributed by atoms with Crippen LogP contribution in [-0.4, -0.2) is 74.8 Å². The number of hydrogen-bond donors (Lipinski definition) is 0. The van der Waals surface area contributed by atoms with Crippen molar-refractivity contribution in [2.24, 2.45) is 5.92 Å². The van der Waals surface area contributed by atoms with Crippen molar-refractivity contribution in [1.82, 2.24) is 9.21 Å². The zero-order chi connectivity index (χ0) is 15.5. The zero-order valence-electron chi connectivity index (χ0n) is 12.3. The van der Waals surface area contributed by atoms with Crippen molar-refractivity contribution in [3.05, 3.63) is 0 Å². The van der Waals surface area contributed by atoms with Gasteiger partial charge in [0.1, 0.15) is 6.67 Å². The number of rotatable bonds is 6. The molecule has 0 bridgehead atoms. The van der Waals surface area contributed by atoms with Crippen LogP contribution in [0, 0.1) is 5.92 Å². The van der Waals surface area contributed by atoms with Crippen LogP contribution >= 0.6 is 0 Å². The van der Waals surface area contributed by atoms with Gasteiger partial charge in [0.2, 0.25) is 15.9 Å². The Balaban J connectivity index is 1.84. The number of carbonyl (C=O) groups excluding carboxylic acids is 1. The highest BCUT2D eigenvalue weighted by atomic mass is 32.2. The lowest BCUT2D eigenvalue weighted by Gasteiger charge is -2.42. The van der Waals surface area contributed by atoms with E-state index >= 15 is 0 Å². The van der Waals surface area contributed by atoms with E-state index in [0.717, 1.165) is 6.42 Å². The van der Waals surface area contributed by atoms with Crippen LogP contribution in [-0.2, 0) is 19.6 Å². The molecule has 2 fully saturated rings. The molecule has 2 aliphatic rings. The largest absolute Gasteiger partial charge is 0.372 e. The van der Waals surface area contributed by atoms with E-state index in [-0.39, 0.29) is 36.8 Å². The number of ether oxygens (including phenoxy) is 1. The number of piperidine rings is 1. The van der Waals surface area contributed by atoms with E-state index in [2.05, 4.69) is 0 Å². The molecule has 2 rings (SSSR count). The number of hydrogen-bond acceptors (Lipinski definition) is 4. The van der Waals surface area contributed by atoms with E-state index in [9.17, 15) is 17.6 Å². The summed E-state index contributed by atoms with van der Waals surface area (Å²) in [6.07, 6.45) is 1.36. The third-order valence-electron chi connectivity index (χ3n) is 4.08. The first-order chi connectivity index (χ1) is 9.97. The Morgan fingerprint density at radius 2 is 2.05 bits per heavy atom. The predicted molar refractivity (Wildman–Crippen MR) is 76.1 cm³/mol. The summed E-state index contributed by atoms with van der Waals surface area (Å²) in [5.41, 5.74) is 0. The molecule has 0 radical (unpaired) electrons. The molecule has 122 valence electrons. The van der Waals surface area contributed by atoms with Crippen LogP contribution < -0.4 is 0 Å². The second-order valence-corrected chi connectivity index (χ2v) is 7.78. The van der Waals surface area contributed by atoms with Crippen LogP contribution in [0.5, 0.6) is 0 Å². The average molecular weight is 322 g/mol. The van der Waals surface area contributed by atoms with Gasteiger partial charge >= 0.3 is 0 Å². The number of likely N-dealkylation sites (tertiary alicyclic amines) is 1. The summed E-state index contributed by atoms with van der Waals surface area (Å²) in [5, 5.41) is 0. The topological polar surface area (TPSA) is 66.9 Å². The quantitative estimate of drug-likeness (QED) is 0.703. The maximum Gasteiger partial charge on any atom is 0.227 e. The van der Waals surface area contributed by atoms with E-state index in [0.29, 0.717) is 26.1 Å². The van der Waals surface area contributed by atoms with Gasteiger partial charge < -0.3 is 9.64 Å². The molecule has 1 amide bonds. The third-order valence-corrected chi connectivity index (χ3v) is 5.93. The number of amides is 1. The highest BCUT2D eigenvalue weighted by Crippen LogP contribution is 2.24. The maximum absolute atomic E-state index is 12.3. The number of carbonyl (C=O) groups is 1. The standard InChI is InChI=1S/C13H23FN2O4S/c1-2-21(18,19)16-6-3-4-11(8-16)13(17)15-9-12(10-15)20-7-5-14/h11-12H,2-10H2,1H3. The van der Waals surface area contributed by atoms with Gasteiger partial charge in [-0.15, -0.1) is 0 Å². The summed E-state index contributed by atoms with van der Waals surface area (Å²) in [6.45, 7) is 2.91. The zero-order valence-corrected chi connectivity index (χ0v) is 13.1. The van der Waals surface area contributed by atoms with Crippen molar-refractivity contribution in [1.29, 1.82) is 0 Å². The van der Waals surface area contributed by atoms with Crippen molar-refractivity contribution in [3.63, 3.8) is 0 Å². The minimum Gasteiger partial charge on any atom is -0.372 e. The molecule has 2 saturated heterocycles. The van der Waals surface area contributed by atoms with Crippen molar-refractivity contribution >= 4 is 15.9 Å². The second kappa shape index (κ2) is 7.02. The predicted octanol–water partition coefficient (Wildman–Crippen LogP) is 0.245. The molecule has 1 atom stereocenters. The van der Waals surface area contributed by atoms with Gasteiger partial charge in [0.05, 0.1) is 24.4 Å². The monoisotopic (exact) mass is 322 g/mol. The second-order valence-electron chi connectivity index (χ2n) is 5.52. The third kappa shape index (κ3) is 3.92. The van der Waals surface area contributed by atoms with Crippen LogP contribution in [0.2, 0.25) is 0 Å². The van der Waals surface area contributed by atoms with Crippen LogP contribution in [0.15, 0.2) is 0 Å². The Hall–Kier alpha value is -0.730. The molecule has 0 spiro atoms. The van der Waals surface area contributed by atoms with Crippen molar-refractivity contribution in [2.75, 3.05) is 45.2 Å². The molecule has 0 aliphatic carbocycles. The molecular formula is C13H23FN2O4S. The van der Waals surface area contributed by atoms with E-state index in [1.807, 2.05) is 0 Å². The van der Waals surface area contributed by atoms with Crippen LogP contribution in [0.3, 0.4) is 0 Å². The van der Waals surface area contributed by atoms with E-state index in [1.54, 1.807) is 11.8 Å².